The smallest absolute Gasteiger partial charge is 0.450 e. The molecule has 2 atom stereocenters. The second kappa shape index (κ2) is 8.86. The number of aryl methyl sites for hydroxylation is 1. The van der Waals surface area contributed by atoms with Crippen LogP contribution in [0.25, 0.3) is 0 Å². The van der Waals surface area contributed by atoms with Crippen LogP contribution >= 0.6 is 0 Å². The molecule has 0 spiro atoms. The zero-order valence-electron chi connectivity index (χ0n) is 14.3. The quantitative estimate of drug-likeness (QED) is 0.584. The van der Waals surface area contributed by atoms with Crippen molar-refractivity contribution in [1.29, 1.82) is 0 Å². The van der Waals surface area contributed by atoms with Crippen molar-refractivity contribution in [2.24, 2.45) is 18.9 Å². The first-order chi connectivity index (χ1) is 12.0. The molecule has 2 rings (SSSR count). The lowest BCUT2D eigenvalue weighted by atomic mass is 9.87. The molecule has 0 radical (unpaired) electrons. The van der Waals surface area contributed by atoms with E-state index in [0.717, 1.165) is 5.69 Å². The van der Waals surface area contributed by atoms with Crippen molar-refractivity contribution in [3.05, 3.63) is 48.5 Å². The van der Waals surface area contributed by atoms with Gasteiger partial charge in [0.1, 0.15) is 5.75 Å². The number of para-hydroxylation sites is 1. The van der Waals surface area contributed by atoms with Gasteiger partial charge in [-0.15, -0.1) is 0 Å². The molecule has 25 heavy (non-hydrogen) atoms. The fraction of sp³-hybridized carbons (Fsp3) is 0.389. The van der Waals surface area contributed by atoms with E-state index >= 15 is 0 Å². The molecule has 0 unspecified atom stereocenters. The number of imidazole rings is 1. The van der Waals surface area contributed by atoms with Crippen molar-refractivity contribution in [1.82, 2.24) is 9.55 Å². The van der Waals surface area contributed by atoms with Crippen LogP contribution in [0, 0.1) is 11.8 Å². The second-order valence-corrected chi connectivity index (χ2v) is 5.79. The summed E-state index contributed by atoms with van der Waals surface area (Å²) in [6, 6.07) is 8.80. The van der Waals surface area contributed by atoms with Gasteiger partial charge in [-0.2, -0.15) is 0 Å². The fourth-order valence-electron chi connectivity index (χ4n) is 2.72. The van der Waals surface area contributed by atoms with Gasteiger partial charge in [0, 0.05) is 24.9 Å². The summed E-state index contributed by atoms with van der Waals surface area (Å²) in [4.78, 5) is 27.4. The minimum absolute atomic E-state index is 0.0804. The lowest BCUT2D eigenvalue weighted by Gasteiger charge is -2.24. The van der Waals surface area contributed by atoms with Gasteiger partial charge in [0.2, 0.25) is 0 Å². The zero-order valence-corrected chi connectivity index (χ0v) is 14.3. The van der Waals surface area contributed by atoms with Crippen LogP contribution in [0.4, 0.5) is 4.79 Å². The Morgan fingerprint density at radius 1 is 1.28 bits per heavy atom. The van der Waals surface area contributed by atoms with E-state index in [4.69, 9.17) is 14.6 Å². The molecule has 1 N–H and O–H groups in total. The van der Waals surface area contributed by atoms with Crippen molar-refractivity contribution in [3.63, 3.8) is 0 Å². The minimum Gasteiger partial charge on any atom is -0.450 e. The van der Waals surface area contributed by atoms with Gasteiger partial charge < -0.3 is 19.1 Å². The van der Waals surface area contributed by atoms with E-state index < -0.39 is 18.0 Å². The maximum atomic E-state index is 12.6. The number of carboxylic acid groups (broad SMARTS) is 1. The van der Waals surface area contributed by atoms with E-state index in [1.165, 1.54) is 0 Å². The van der Waals surface area contributed by atoms with Crippen molar-refractivity contribution in [2.45, 2.75) is 19.8 Å². The summed E-state index contributed by atoms with van der Waals surface area (Å²) in [7, 11) is 1.85. The van der Waals surface area contributed by atoms with Crippen LogP contribution in [0.5, 0.6) is 5.75 Å². The molecule has 1 aromatic heterocycles. The van der Waals surface area contributed by atoms with Crippen LogP contribution in [0.3, 0.4) is 0 Å². The molecule has 0 saturated heterocycles. The van der Waals surface area contributed by atoms with Crippen LogP contribution in [0.2, 0.25) is 0 Å². The van der Waals surface area contributed by atoms with E-state index in [0.29, 0.717) is 18.6 Å². The van der Waals surface area contributed by atoms with Gasteiger partial charge in [-0.25, -0.2) is 9.78 Å². The van der Waals surface area contributed by atoms with Gasteiger partial charge in [0.25, 0.3) is 0 Å². The van der Waals surface area contributed by atoms with Crippen molar-refractivity contribution < 1.29 is 24.2 Å². The van der Waals surface area contributed by atoms with Gasteiger partial charge in [0.05, 0.1) is 18.9 Å². The highest BCUT2D eigenvalue weighted by Gasteiger charge is 2.30. The highest BCUT2D eigenvalue weighted by atomic mass is 16.7. The third-order valence-corrected chi connectivity index (χ3v) is 4.08. The molecule has 1 aromatic carbocycles. The van der Waals surface area contributed by atoms with Crippen molar-refractivity contribution >= 4 is 12.1 Å². The third-order valence-electron chi connectivity index (χ3n) is 4.08. The molecule has 0 saturated carbocycles. The Kier molecular flexibility index (Phi) is 6.56. The number of aromatic nitrogens is 2. The Balaban J connectivity index is 2.14. The average Bonchev–Trinajstić information content (AvgIpc) is 2.99. The van der Waals surface area contributed by atoms with E-state index in [2.05, 4.69) is 4.98 Å². The Morgan fingerprint density at radius 3 is 2.56 bits per heavy atom. The van der Waals surface area contributed by atoms with E-state index in [1.807, 2.05) is 24.6 Å². The summed E-state index contributed by atoms with van der Waals surface area (Å²) in [6.07, 6.45) is 2.97. The average molecular weight is 346 g/mol. The van der Waals surface area contributed by atoms with Gasteiger partial charge in [-0.1, -0.05) is 25.1 Å². The third kappa shape index (κ3) is 5.34. The van der Waals surface area contributed by atoms with E-state index in [1.54, 1.807) is 36.8 Å². The highest BCUT2D eigenvalue weighted by molar-refractivity contribution is 5.75. The van der Waals surface area contributed by atoms with Gasteiger partial charge >= 0.3 is 12.1 Å². The van der Waals surface area contributed by atoms with Crippen LogP contribution in [-0.4, -0.2) is 33.4 Å². The lowest BCUT2D eigenvalue weighted by Crippen LogP contribution is -2.32. The molecule has 7 nitrogen and oxygen atoms in total. The number of nitrogens with zero attached hydrogens (tertiary/aromatic N) is 2. The number of hydrogen-bond acceptors (Lipinski definition) is 5. The fourth-order valence-corrected chi connectivity index (χ4v) is 2.72. The molecule has 0 aliphatic rings. The maximum absolute atomic E-state index is 12.6. The van der Waals surface area contributed by atoms with E-state index in [-0.39, 0.29) is 12.5 Å². The molecule has 2 aromatic rings. The first-order valence-electron chi connectivity index (χ1n) is 8.09. The number of ether oxygens (including phenoxy) is 2. The van der Waals surface area contributed by atoms with Crippen molar-refractivity contribution in [3.8, 4) is 5.75 Å². The van der Waals surface area contributed by atoms with Crippen molar-refractivity contribution in [2.75, 3.05) is 6.61 Å². The molecule has 0 amide bonds. The zero-order chi connectivity index (χ0) is 18.2. The number of hydrogen-bond donors (Lipinski definition) is 1. The molecular formula is C18H22N2O5. The normalized spacial score (nSPS) is 13.0. The van der Waals surface area contributed by atoms with Gasteiger partial charge in [0.15, 0.2) is 0 Å². The predicted octanol–water partition coefficient (Wildman–Crippen LogP) is 2.91. The first-order valence-corrected chi connectivity index (χ1v) is 8.09. The molecule has 0 aliphatic heterocycles. The van der Waals surface area contributed by atoms with Crippen LogP contribution in [0.15, 0.2) is 42.9 Å². The maximum Gasteiger partial charge on any atom is 0.505 e. The lowest BCUT2D eigenvalue weighted by molar-refractivity contribution is -0.141. The van der Waals surface area contributed by atoms with Crippen LogP contribution in [-0.2, 0) is 23.0 Å². The number of carbonyl (C=O) groups is 2. The molecule has 0 fully saturated rings. The number of benzene rings is 1. The molecule has 1 heterocycles. The monoisotopic (exact) mass is 346 g/mol. The summed E-state index contributed by atoms with van der Waals surface area (Å²) in [5.41, 5.74) is 0.893. The molecule has 134 valence electrons. The largest absolute Gasteiger partial charge is 0.505 e. The molecule has 7 heteroatoms. The summed E-state index contributed by atoms with van der Waals surface area (Å²) < 4.78 is 12.0. The van der Waals surface area contributed by atoms with Crippen LogP contribution < -0.4 is 4.74 Å². The number of rotatable bonds is 8. The summed E-state index contributed by atoms with van der Waals surface area (Å²) >= 11 is 0. The van der Waals surface area contributed by atoms with E-state index in [9.17, 15) is 9.59 Å². The standard InChI is InChI=1S/C18H22N2O5/c1-3-16(17(21)25-15-7-5-4-6-8-15)13(11-24-18(22)23)9-14-10-19-12-20(14)2/h4-8,10,12-13,16H,3,9,11H2,1-2H3,(H,22,23)/t13-,16-/m0/s1. The number of carbonyl (C=O) groups excluding carboxylic acids is 1. The first kappa shape index (κ1) is 18.5. The summed E-state index contributed by atoms with van der Waals surface area (Å²) in [5.74, 6) is -0.763. The molecular weight excluding hydrogens is 324 g/mol. The van der Waals surface area contributed by atoms with Gasteiger partial charge in [-0.05, 0) is 25.0 Å². The van der Waals surface area contributed by atoms with Crippen LogP contribution in [0.1, 0.15) is 19.0 Å². The Bertz CT molecular complexity index is 699. The number of esters is 1. The van der Waals surface area contributed by atoms with Gasteiger partial charge in [-0.3, -0.25) is 4.79 Å². The SMILES string of the molecule is CC[C@H](C(=O)Oc1ccccc1)[C@H](COC(=O)O)Cc1cncn1C. The Morgan fingerprint density at radius 2 is 2.00 bits per heavy atom. The minimum atomic E-state index is -1.36. The second-order valence-electron chi connectivity index (χ2n) is 5.79. The highest BCUT2D eigenvalue weighted by Crippen LogP contribution is 2.24. The Labute approximate surface area is 146 Å². The molecule has 0 bridgehead atoms. The molecule has 0 aliphatic carbocycles. The summed E-state index contributed by atoms with van der Waals surface area (Å²) in [6.45, 7) is 1.79. The summed E-state index contributed by atoms with van der Waals surface area (Å²) in [5, 5.41) is 8.82. The predicted molar refractivity (Wildman–Crippen MR) is 90.2 cm³/mol. The Hall–Kier alpha value is -2.83. The topological polar surface area (TPSA) is 90.7 Å².